The third kappa shape index (κ3) is 2.86. The van der Waals surface area contributed by atoms with Crippen molar-refractivity contribution in [1.29, 1.82) is 0 Å². The molecule has 1 N–H and O–H groups in total. The number of furan rings is 1. The van der Waals surface area contributed by atoms with E-state index in [-0.39, 0.29) is 11.9 Å². The predicted molar refractivity (Wildman–Crippen MR) is 106 cm³/mol. The molecular weight excluding hydrogens is 322 g/mol. The molecular formula is C23H21NO2. The number of hydrogen-bond acceptors (Lipinski definition) is 2. The molecule has 0 aliphatic heterocycles. The van der Waals surface area contributed by atoms with E-state index in [0.29, 0.717) is 5.76 Å². The van der Waals surface area contributed by atoms with Crippen molar-refractivity contribution < 1.29 is 9.21 Å². The Labute approximate surface area is 152 Å². The van der Waals surface area contributed by atoms with Gasteiger partial charge in [0.25, 0.3) is 5.91 Å². The molecule has 0 saturated carbocycles. The third-order valence-corrected chi connectivity index (χ3v) is 4.89. The van der Waals surface area contributed by atoms with E-state index in [1.807, 2.05) is 43.3 Å². The molecule has 1 amide bonds. The van der Waals surface area contributed by atoms with Gasteiger partial charge in [0.2, 0.25) is 0 Å². The number of amides is 1. The van der Waals surface area contributed by atoms with Crippen molar-refractivity contribution in [2.24, 2.45) is 0 Å². The zero-order chi connectivity index (χ0) is 18.3. The van der Waals surface area contributed by atoms with E-state index in [1.165, 1.54) is 11.1 Å². The number of carbonyl (C=O) groups is 1. The van der Waals surface area contributed by atoms with Crippen LogP contribution in [0.3, 0.4) is 0 Å². The van der Waals surface area contributed by atoms with Crippen molar-refractivity contribution in [3.8, 4) is 0 Å². The van der Waals surface area contributed by atoms with Crippen molar-refractivity contribution in [1.82, 2.24) is 5.32 Å². The van der Waals surface area contributed by atoms with E-state index in [2.05, 4.69) is 43.4 Å². The van der Waals surface area contributed by atoms with Crippen LogP contribution < -0.4 is 5.32 Å². The van der Waals surface area contributed by atoms with Gasteiger partial charge in [-0.3, -0.25) is 4.79 Å². The summed E-state index contributed by atoms with van der Waals surface area (Å²) >= 11 is 0. The summed E-state index contributed by atoms with van der Waals surface area (Å²) in [6.07, 6.45) is 0. The lowest BCUT2D eigenvalue weighted by Gasteiger charge is -2.16. The van der Waals surface area contributed by atoms with E-state index in [9.17, 15) is 4.79 Å². The summed E-state index contributed by atoms with van der Waals surface area (Å²) in [5.74, 6) is 0.144. The van der Waals surface area contributed by atoms with Crippen LogP contribution in [0.15, 0.2) is 65.1 Å². The number of fused-ring (bicyclic) bond motifs is 3. The van der Waals surface area contributed by atoms with Crippen LogP contribution >= 0.6 is 0 Å². The molecule has 4 aromatic rings. The molecule has 0 fully saturated rings. The van der Waals surface area contributed by atoms with Crippen LogP contribution in [-0.4, -0.2) is 5.91 Å². The Hall–Kier alpha value is -3.07. The summed E-state index contributed by atoms with van der Waals surface area (Å²) < 4.78 is 5.81. The third-order valence-electron chi connectivity index (χ3n) is 4.89. The molecule has 130 valence electrons. The van der Waals surface area contributed by atoms with Gasteiger partial charge < -0.3 is 9.73 Å². The molecule has 0 spiro atoms. The van der Waals surface area contributed by atoms with Gasteiger partial charge in [0.15, 0.2) is 5.76 Å². The Bertz CT molecular complexity index is 1120. The average molecular weight is 343 g/mol. The maximum absolute atomic E-state index is 12.7. The standard InChI is InChI=1S/C23H21NO2/c1-14-8-10-18(15(2)12-14)16(3)24-23(25)22-13-20-19-7-5-4-6-17(19)9-11-21(20)26-22/h4-13,16H,1-3H3,(H,24,25)/t16-/m0/s1. The molecule has 0 saturated heterocycles. The first-order valence-electron chi connectivity index (χ1n) is 8.82. The molecule has 1 heterocycles. The van der Waals surface area contributed by atoms with E-state index in [0.717, 1.165) is 27.3 Å². The van der Waals surface area contributed by atoms with Gasteiger partial charge in [-0.15, -0.1) is 0 Å². The Kier molecular flexibility index (Phi) is 4.00. The highest BCUT2D eigenvalue weighted by Gasteiger charge is 2.17. The Morgan fingerprint density at radius 2 is 1.77 bits per heavy atom. The molecule has 0 bridgehead atoms. The molecule has 3 heteroatoms. The van der Waals surface area contributed by atoms with Crippen molar-refractivity contribution in [3.05, 3.63) is 83.1 Å². The van der Waals surface area contributed by atoms with Crippen LogP contribution in [0, 0.1) is 13.8 Å². The number of benzene rings is 3. The minimum atomic E-state index is -0.197. The Balaban J connectivity index is 1.64. The van der Waals surface area contributed by atoms with Crippen molar-refractivity contribution in [2.45, 2.75) is 26.8 Å². The van der Waals surface area contributed by atoms with Gasteiger partial charge in [0.1, 0.15) is 5.58 Å². The first-order valence-corrected chi connectivity index (χ1v) is 8.82. The van der Waals surface area contributed by atoms with Gasteiger partial charge >= 0.3 is 0 Å². The first-order chi connectivity index (χ1) is 12.5. The number of aryl methyl sites for hydroxylation is 2. The maximum Gasteiger partial charge on any atom is 0.287 e. The molecule has 0 radical (unpaired) electrons. The molecule has 3 nitrogen and oxygen atoms in total. The van der Waals surface area contributed by atoms with Gasteiger partial charge in [-0.25, -0.2) is 0 Å². The van der Waals surface area contributed by atoms with Crippen LogP contribution in [0.2, 0.25) is 0 Å². The molecule has 26 heavy (non-hydrogen) atoms. The van der Waals surface area contributed by atoms with Crippen LogP contribution in [0.1, 0.15) is 40.2 Å². The highest BCUT2D eigenvalue weighted by Crippen LogP contribution is 2.28. The lowest BCUT2D eigenvalue weighted by molar-refractivity contribution is 0.0914. The molecule has 0 aliphatic rings. The predicted octanol–water partition coefficient (Wildman–Crippen LogP) is 5.69. The van der Waals surface area contributed by atoms with Gasteiger partial charge in [-0.2, -0.15) is 0 Å². The van der Waals surface area contributed by atoms with Crippen molar-refractivity contribution >= 4 is 27.6 Å². The second kappa shape index (κ2) is 6.34. The Morgan fingerprint density at radius 3 is 2.58 bits per heavy atom. The fourth-order valence-corrected chi connectivity index (χ4v) is 3.56. The van der Waals surface area contributed by atoms with Crippen LogP contribution in [0.25, 0.3) is 21.7 Å². The summed E-state index contributed by atoms with van der Waals surface area (Å²) in [6.45, 7) is 6.13. The number of carbonyl (C=O) groups excluding carboxylic acids is 1. The summed E-state index contributed by atoms with van der Waals surface area (Å²) in [5.41, 5.74) is 4.24. The quantitative estimate of drug-likeness (QED) is 0.519. The van der Waals surface area contributed by atoms with Gasteiger partial charge in [-0.05, 0) is 54.8 Å². The molecule has 4 rings (SSSR count). The monoisotopic (exact) mass is 343 g/mol. The second-order valence-corrected chi connectivity index (χ2v) is 6.86. The molecule has 0 unspecified atom stereocenters. The topological polar surface area (TPSA) is 42.2 Å². The zero-order valence-corrected chi connectivity index (χ0v) is 15.2. The Morgan fingerprint density at radius 1 is 0.962 bits per heavy atom. The summed E-state index contributed by atoms with van der Waals surface area (Å²) in [6, 6.07) is 20.1. The minimum absolute atomic E-state index is 0.0898. The minimum Gasteiger partial charge on any atom is -0.451 e. The maximum atomic E-state index is 12.7. The largest absolute Gasteiger partial charge is 0.451 e. The zero-order valence-electron chi connectivity index (χ0n) is 15.2. The van der Waals surface area contributed by atoms with E-state index in [1.54, 1.807) is 0 Å². The fraction of sp³-hybridized carbons (Fsp3) is 0.174. The van der Waals surface area contributed by atoms with Gasteiger partial charge in [-0.1, -0.05) is 54.1 Å². The van der Waals surface area contributed by atoms with Crippen molar-refractivity contribution in [3.63, 3.8) is 0 Å². The van der Waals surface area contributed by atoms with E-state index in [4.69, 9.17) is 4.42 Å². The highest BCUT2D eigenvalue weighted by atomic mass is 16.3. The summed E-state index contributed by atoms with van der Waals surface area (Å²) in [5, 5.41) is 6.24. The molecule has 0 aliphatic carbocycles. The second-order valence-electron chi connectivity index (χ2n) is 6.86. The fourth-order valence-electron chi connectivity index (χ4n) is 3.56. The van der Waals surface area contributed by atoms with Gasteiger partial charge in [0.05, 0.1) is 6.04 Å². The summed E-state index contributed by atoms with van der Waals surface area (Å²) in [7, 11) is 0. The molecule has 3 aromatic carbocycles. The number of rotatable bonds is 3. The number of hydrogen-bond donors (Lipinski definition) is 1. The van der Waals surface area contributed by atoms with Gasteiger partial charge in [0, 0.05) is 5.39 Å². The SMILES string of the molecule is Cc1ccc([C@H](C)NC(=O)c2cc3c(ccc4ccccc43)o2)c(C)c1. The molecule has 1 aromatic heterocycles. The van der Waals surface area contributed by atoms with Crippen LogP contribution in [0.4, 0.5) is 0 Å². The molecule has 1 atom stereocenters. The van der Waals surface area contributed by atoms with Crippen LogP contribution in [-0.2, 0) is 0 Å². The lowest BCUT2D eigenvalue weighted by atomic mass is 10.0. The first kappa shape index (κ1) is 16.4. The lowest BCUT2D eigenvalue weighted by Crippen LogP contribution is -2.26. The number of nitrogens with one attached hydrogen (secondary N) is 1. The average Bonchev–Trinajstić information content (AvgIpc) is 3.06. The summed E-state index contributed by atoms with van der Waals surface area (Å²) in [4.78, 5) is 12.7. The smallest absolute Gasteiger partial charge is 0.287 e. The van der Waals surface area contributed by atoms with E-state index >= 15 is 0 Å². The normalized spacial score (nSPS) is 12.4. The highest BCUT2D eigenvalue weighted by molar-refractivity contribution is 6.08. The van der Waals surface area contributed by atoms with Crippen LogP contribution in [0.5, 0.6) is 0 Å². The van der Waals surface area contributed by atoms with Crippen molar-refractivity contribution in [2.75, 3.05) is 0 Å². The van der Waals surface area contributed by atoms with E-state index < -0.39 is 0 Å².